The summed E-state index contributed by atoms with van der Waals surface area (Å²) < 4.78 is 0. The second-order valence-electron chi connectivity index (χ2n) is 3.82. The van der Waals surface area contributed by atoms with Crippen LogP contribution in [0.1, 0.15) is 30.5 Å². The van der Waals surface area contributed by atoms with E-state index in [1.165, 1.54) is 5.56 Å². The summed E-state index contributed by atoms with van der Waals surface area (Å²) in [6, 6.07) is 4.11. The van der Waals surface area contributed by atoms with Crippen LogP contribution in [0.25, 0.3) is 0 Å². The molecule has 88 valence electrons. The molecule has 1 rings (SSSR count). The minimum atomic E-state index is -0.713. The first kappa shape index (κ1) is 13.0. The van der Waals surface area contributed by atoms with Crippen LogP contribution in [-0.4, -0.2) is 21.8 Å². The van der Waals surface area contributed by atoms with Crippen molar-refractivity contribution in [2.45, 2.75) is 38.1 Å². The third-order valence-electron chi connectivity index (χ3n) is 2.11. The summed E-state index contributed by atoms with van der Waals surface area (Å²) in [6.07, 6.45) is 1.93. The molecule has 4 heteroatoms. The maximum absolute atomic E-state index is 10.3. The Morgan fingerprint density at radius 1 is 1.38 bits per heavy atom. The topological polar surface area (TPSA) is 50.2 Å². The number of carboxylic acids is 1. The predicted molar refractivity (Wildman–Crippen MR) is 65.9 cm³/mol. The highest BCUT2D eigenvalue weighted by Gasteiger charge is 2.00. The number of unbranched alkanes of at least 4 members (excludes halogenated alkanes) is 1. The SMILES string of the molecule is Cc1cc(C)nc(SCCCCC(=O)O)c1. The molecule has 0 amide bonds. The minimum absolute atomic E-state index is 0.265. The van der Waals surface area contributed by atoms with Gasteiger partial charge in [-0.05, 0) is 50.1 Å². The normalized spacial score (nSPS) is 10.4. The molecule has 0 fully saturated rings. The third kappa shape index (κ3) is 5.16. The van der Waals surface area contributed by atoms with Crippen molar-refractivity contribution >= 4 is 17.7 Å². The van der Waals surface area contributed by atoms with Crippen LogP contribution in [-0.2, 0) is 4.79 Å². The number of aliphatic carboxylic acids is 1. The van der Waals surface area contributed by atoms with E-state index in [0.717, 1.165) is 29.3 Å². The Hall–Kier alpha value is -1.03. The fourth-order valence-electron chi connectivity index (χ4n) is 1.43. The van der Waals surface area contributed by atoms with E-state index < -0.39 is 5.97 Å². The molecule has 1 aromatic heterocycles. The summed E-state index contributed by atoms with van der Waals surface area (Å²) in [5.41, 5.74) is 2.26. The zero-order valence-electron chi connectivity index (χ0n) is 9.69. The molecule has 0 spiro atoms. The molecule has 1 heterocycles. The number of carbonyl (C=O) groups is 1. The number of thioether (sulfide) groups is 1. The second-order valence-corrected chi connectivity index (χ2v) is 4.94. The molecule has 0 saturated heterocycles. The quantitative estimate of drug-likeness (QED) is 0.612. The van der Waals surface area contributed by atoms with Gasteiger partial charge in [-0.25, -0.2) is 4.98 Å². The van der Waals surface area contributed by atoms with Gasteiger partial charge in [0.2, 0.25) is 0 Å². The standard InChI is InChI=1S/C12H17NO2S/c1-9-7-10(2)13-11(8-9)16-6-4-3-5-12(14)15/h7-8H,3-6H2,1-2H3,(H,14,15). The Balaban J connectivity index is 2.29. The Morgan fingerprint density at radius 3 is 2.75 bits per heavy atom. The van der Waals surface area contributed by atoms with Gasteiger partial charge in [0.1, 0.15) is 0 Å². The monoisotopic (exact) mass is 239 g/mol. The van der Waals surface area contributed by atoms with Crippen molar-refractivity contribution in [2.75, 3.05) is 5.75 Å². The van der Waals surface area contributed by atoms with E-state index >= 15 is 0 Å². The fourth-order valence-corrected chi connectivity index (χ4v) is 2.47. The summed E-state index contributed by atoms with van der Waals surface area (Å²) in [5.74, 6) is 0.220. The minimum Gasteiger partial charge on any atom is -0.481 e. The third-order valence-corrected chi connectivity index (χ3v) is 3.11. The molecule has 0 aliphatic heterocycles. The van der Waals surface area contributed by atoms with Gasteiger partial charge in [0.15, 0.2) is 0 Å². The van der Waals surface area contributed by atoms with E-state index in [-0.39, 0.29) is 6.42 Å². The molecule has 0 bridgehead atoms. The van der Waals surface area contributed by atoms with Gasteiger partial charge in [0.05, 0.1) is 5.03 Å². The predicted octanol–water partition coefficient (Wildman–Crippen LogP) is 3.05. The van der Waals surface area contributed by atoms with Gasteiger partial charge in [0.25, 0.3) is 0 Å². The Kier molecular flexibility index (Phi) is 5.32. The number of nitrogens with zero attached hydrogens (tertiary/aromatic N) is 1. The van der Waals surface area contributed by atoms with Crippen LogP contribution >= 0.6 is 11.8 Å². The van der Waals surface area contributed by atoms with Crippen molar-refractivity contribution in [3.05, 3.63) is 23.4 Å². The molecule has 0 aliphatic rings. The molecular weight excluding hydrogens is 222 g/mol. The molecule has 0 saturated carbocycles. The molecule has 0 aromatic carbocycles. The van der Waals surface area contributed by atoms with Crippen LogP contribution in [0, 0.1) is 13.8 Å². The van der Waals surface area contributed by atoms with Gasteiger partial charge in [-0.2, -0.15) is 0 Å². The number of hydrogen-bond donors (Lipinski definition) is 1. The summed E-state index contributed by atoms with van der Waals surface area (Å²) >= 11 is 1.70. The maximum atomic E-state index is 10.3. The average Bonchev–Trinajstić information content (AvgIpc) is 2.15. The van der Waals surface area contributed by atoms with E-state index in [4.69, 9.17) is 5.11 Å². The smallest absolute Gasteiger partial charge is 0.303 e. The van der Waals surface area contributed by atoms with Gasteiger partial charge < -0.3 is 5.11 Å². The molecule has 0 atom stereocenters. The fraction of sp³-hybridized carbons (Fsp3) is 0.500. The number of rotatable bonds is 6. The molecule has 16 heavy (non-hydrogen) atoms. The van der Waals surface area contributed by atoms with Crippen LogP contribution < -0.4 is 0 Å². The zero-order valence-corrected chi connectivity index (χ0v) is 10.5. The lowest BCUT2D eigenvalue weighted by atomic mass is 10.2. The van der Waals surface area contributed by atoms with Crippen LogP contribution in [0.2, 0.25) is 0 Å². The van der Waals surface area contributed by atoms with Crippen molar-refractivity contribution < 1.29 is 9.90 Å². The first-order valence-corrected chi connectivity index (χ1v) is 6.36. The second kappa shape index (κ2) is 6.53. The van der Waals surface area contributed by atoms with Gasteiger partial charge in [-0.15, -0.1) is 11.8 Å². The zero-order chi connectivity index (χ0) is 12.0. The number of aromatic nitrogens is 1. The highest BCUT2D eigenvalue weighted by atomic mass is 32.2. The highest BCUT2D eigenvalue weighted by Crippen LogP contribution is 2.19. The van der Waals surface area contributed by atoms with Crippen LogP contribution in [0.5, 0.6) is 0 Å². The van der Waals surface area contributed by atoms with E-state index in [2.05, 4.69) is 24.0 Å². The summed E-state index contributed by atoms with van der Waals surface area (Å²) in [4.78, 5) is 14.7. The van der Waals surface area contributed by atoms with Crippen molar-refractivity contribution in [1.29, 1.82) is 0 Å². The van der Waals surface area contributed by atoms with Gasteiger partial charge in [-0.3, -0.25) is 4.79 Å². The van der Waals surface area contributed by atoms with Crippen molar-refractivity contribution in [3.63, 3.8) is 0 Å². The molecule has 0 aliphatic carbocycles. The number of hydrogen-bond acceptors (Lipinski definition) is 3. The van der Waals surface area contributed by atoms with E-state index in [1.54, 1.807) is 11.8 Å². The average molecular weight is 239 g/mol. The maximum Gasteiger partial charge on any atom is 0.303 e. The molecule has 3 nitrogen and oxygen atoms in total. The Bertz CT molecular complexity index is 346. The van der Waals surface area contributed by atoms with E-state index in [9.17, 15) is 4.79 Å². The lowest BCUT2D eigenvalue weighted by Crippen LogP contribution is -1.94. The molecule has 0 unspecified atom stereocenters. The van der Waals surface area contributed by atoms with E-state index in [0.29, 0.717) is 0 Å². The largest absolute Gasteiger partial charge is 0.481 e. The summed E-state index contributed by atoms with van der Waals surface area (Å²) in [5, 5.41) is 9.52. The first-order valence-electron chi connectivity index (χ1n) is 5.38. The summed E-state index contributed by atoms with van der Waals surface area (Å²) in [6.45, 7) is 4.05. The highest BCUT2D eigenvalue weighted by molar-refractivity contribution is 7.99. The van der Waals surface area contributed by atoms with Crippen LogP contribution in [0.15, 0.2) is 17.2 Å². The lowest BCUT2D eigenvalue weighted by molar-refractivity contribution is -0.137. The van der Waals surface area contributed by atoms with E-state index in [1.807, 2.05) is 6.92 Å². The van der Waals surface area contributed by atoms with Crippen molar-refractivity contribution in [3.8, 4) is 0 Å². The number of aryl methyl sites for hydroxylation is 2. The van der Waals surface area contributed by atoms with Gasteiger partial charge >= 0.3 is 5.97 Å². The molecule has 1 N–H and O–H groups in total. The van der Waals surface area contributed by atoms with Gasteiger partial charge in [-0.1, -0.05) is 0 Å². The Morgan fingerprint density at radius 2 is 2.12 bits per heavy atom. The van der Waals surface area contributed by atoms with Crippen LogP contribution in [0.4, 0.5) is 0 Å². The van der Waals surface area contributed by atoms with Crippen molar-refractivity contribution in [2.24, 2.45) is 0 Å². The molecule has 0 radical (unpaired) electrons. The van der Waals surface area contributed by atoms with Crippen molar-refractivity contribution in [1.82, 2.24) is 4.98 Å². The Labute approximate surface area is 100 Å². The van der Waals surface area contributed by atoms with Gasteiger partial charge in [0, 0.05) is 12.1 Å². The molecule has 1 aromatic rings. The number of carboxylic acid groups (broad SMARTS) is 1. The molecular formula is C12H17NO2S. The number of pyridine rings is 1. The summed E-state index contributed by atoms with van der Waals surface area (Å²) in [7, 11) is 0. The first-order chi connectivity index (χ1) is 7.58. The lowest BCUT2D eigenvalue weighted by Gasteiger charge is -2.03. The van der Waals surface area contributed by atoms with Crippen LogP contribution in [0.3, 0.4) is 0 Å².